The second kappa shape index (κ2) is 8.34. The Morgan fingerprint density at radius 3 is 2.50 bits per heavy atom. The number of hydrogen-bond donors (Lipinski definition) is 0. The Labute approximate surface area is 121 Å². The molecule has 20 heavy (non-hydrogen) atoms. The Morgan fingerprint density at radius 2 is 2.00 bits per heavy atom. The van der Waals surface area contributed by atoms with Gasteiger partial charge in [-0.3, -0.25) is 4.90 Å². The smallest absolute Gasteiger partial charge is 0.337 e. The SMILES string of the molecule is COC(=O)c1ccc(CN(CCC#N)CC(C)C)cc1. The summed E-state index contributed by atoms with van der Waals surface area (Å²) in [6.07, 6.45) is 0.535. The van der Waals surface area contributed by atoms with Gasteiger partial charge in [-0.1, -0.05) is 26.0 Å². The molecule has 0 aliphatic heterocycles. The number of esters is 1. The van der Waals surface area contributed by atoms with E-state index in [1.807, 2.05) is 12.1 Å². The van der Waals surface area contributed by atoms with Gasteiger partial charge in [0, 0.05) is 26.1 Å². The van der Waals surface area contributed by atoms with Gasteiger partial charge in [-0.2, -0.15) is 5.26 Å². The van der Waals surface area contributed by atoms with Gasteiger partial charge in [0.15, 0.2) is 0 Å². The minimum Gasteiger partial charge on any atom is -0.465 e. The fraction of sp³-hybridized carbons (Fsp3) is 0.500. The number of nitrogens with zero attached hydrogens (tertiary/aromatic N) is 2. The summed E-state index contributed by atoms with van der Waals surface area (Å²) in [7, 11) is 1.38. The van der Waals surface area contributed by atoms with Crippen LogP contribution in [0, 0.1) is 17.2 Å². The molecule has 0 unspecified atom stereocenters. The zero-order chi connectivity index (χ0) is 15.0. The van der Waals surface area contributed by atoms with Gasteiger partial charge in [-0.25, -0.2) is 4.79 Å². The Balaban J connectivity index is 2.68. The molecule has 108 valence electrons. The third-order valence-corrected chi connectivity index (χ3v) is 2.94. The third-order valence-electron chi connectivity index (χ3n) is 2.94. The molecule has 4 heteroatoms. The van der Waals surface area contributed by atoms with E-state index in [1.54, 1.807) is 12.1 Å². The number of nitriles is 1. The maximum atomic E-state index is 11.4. The first-order chi connectivity index (χ1) is 9.56. The van der Waals surface area contributed by atoms with Crippen LogP contribution < -0.4 is 0 Å². The molecule has 0 spiro atoms. The summed E-state index contributed by atoms with van der Waals surface area (Å²) in [6.45, 7) is 6.86. The minimum absolute atomic E-state index is 0.319. The molecule has 0 saturated heterocycles. The Kier molecular flexibility index (Phi) is 6.75. The molecular formula is C16H22N2O2. The molecule has 0 fully saturated rings. The highest BCUT2D eigenvalue weighted by molar-refractivity contribution is 5.89. The molecule has 0 aliphatic carbocycles. The molecule has 0 bridgehead atoms. The van der Waals surface area contributed by atoms with Crippen molar-refractivity contribution < 1.29 is 9.53 Å². The van der Waals surface area contributed by atoms with Gasteiger partial charge in [0.2, 0.25) is 0 Å². The summed E-state index contributed by atoms with van der Waals surface area (Å²) >= 11 is 0. The number of rotatable bonds is 7. The van der Waals surface area contributed by atoms with Crippen molar-refractivity contribution in [2.45, 2.75) is 26.8 Å². The lowest BCUT2D eigenvalue weighted by Gasteiger charge is -2.23. The highest BCUT2D eigenvalue weighted by atomic mass is 16.5. The lowest BCUT2D eigenvalue weighted by Crippen LogP contribution is -2.28. The number of methoxy groups -OCH3 is 1. The van der Waals surface area contributed by atoms with Crippen LogP contribution >= 0.6 is 0 Å². The van der Waals surface area contributed by atoms with E-state index < -0.39 is 0 Å². The fourth-order valence-electron chi connectivity index (χ4n) is 2.08. The first kappa shape index (κ1) is 16.2. The van der Waals surface area contributed by atoms with Crippen molar-refractivity contribution >= 4 is 5.97 Å². The van der Waals surface area contributed by atoms with E-state index in [4.69, 9.17) is 5.26 Å². The summed E-state index contributed by atoms with van der Waals surface area (Å²) < 4.78 is 4.68. The average Bonchev–Trinajstić information content (AvgIpc) is 2.44. The van der Waals surface area contributed by atoms with Crippen LogP contribution in [0.2, 0.25) is 0 Å². The molecule has 0 aliphatic rings. The van der Waals surface area contributed by atoms with Gasteiger partial charge in [0.05, 0.1) is 18.7 Å². The molecule has 1 rings (SSSR count). The summed E-state index contributed by atoms with van der Waals surface area (Å²) in [5, 5.41) is 8.71. The number of benzene rings is 1. The van der Waals surface area contributed by atoms with Crippen molar-refractivity contribution in [2.75, 3.05) is 20.2 Å². The van der Waals surface area contributed by atoms with Crippen molar-refractivity contribution in [1.82, 2.24) is 4.90 Å². The van der Waals surface area contributed by atoms with Crippen LogP contribution in [0.25, 0.3) is 0 Å². The van der Waals surface area contributed by atoms with Crippen LogP contribution in [0.1, 0.15) is 36.2 Å². The molecule has 0 radical (unpaired) electrons. The fourth-order valence-corrected chi connectivity index (χ4v) is 2.08. The van der Waals surface area contributed by atoms with E-state index in [-0.39, 0.29) is 5.97 Å². The quantitative estimate of drug-likeness (QED) is 0.717. The summed E-state index contributed by atoms with van der Waals surface area (Å²) in [5.41, 5.74) is 1.69. The largest absolute Gasteiger partial charge is 0.465 e. The number of carbonyl (C=O) groups excluding carboxylic acids is 1. The Bertz CT molecular complexity index is 460. The molecule has 0 saturated carbocycles. The number of carbonyl (C=O) groups is 1. The monoisotopic (exact) mass is 274 g/mol. The van der Waals surface area contributed by atoms with E-state index in [0.29, 0.717) is 17.9 Å². The van der Waals surface area contributed by atoms with E-state index in [0.717, 1.165) is 25.2 Å². The van der Waals surface area contributed by atoms with Crippen molar-refractivity contribution in [3.63, 3.8) is 0 Å². The topological polar surface area (TPSA) is 53.3 Å². The van der Waals surface area contributed by atoms with Gasteiger partial charge in [0.1, 0.15) is 0 Å². The predicted molar refractivity (Wildman–Crippen MR) is 78.1 cm³/mol. The second-order valence-corrected chi connectivity index (χ2v) is 5.23. The first-order valence-electron chi connectivity index (χ1n) is 6.83. The van der Waals surface area contributed by atoms with Crippen molar-refractivity contribution in [3.8, 4) is 6.07 Å². The van der Waals surface area contributed by atoms with Crippen LogP contribution in [0.5, 0.6) is 0 Å². The van der Waals surface area contributed by atoms with E-state index >= 15 is 0 Å². The highest BCUT2D eigenvalue weighted by Crippen LogP contribution is 2.10. The third kappa shape index (κ3) is 5.41. The summed E-state index contributed by atoms with van der Waals surface area (Å²) in [6, 6.07) is 9.61. The second-order valence-electron chi connectivity index (χ2n) is 5.23. The summed E-state index contributed by atoms with van der Waals surface area (Å²) in [4.78, 5) is 13.6. The van der Waals surface area contributed by atoms with E-state index in [2.05, 4.69) is 29.6 Å². The molecule has 1 aromatic rings. The molecule has 0 atom stereocenters. The van der Waals surface area contributed by atoms with Gasteiger partial charge >= 0.3 is 5.97 Å². The van der Waals surface area contributed by atoms with Crippen molar-refractivity contribution in [3.05, 3.63) is 35.4 Å². The maximum Gasteiger partial charge on any atom is 0.337 e. The number of hydrogen-bond acceptors (Lipinski definition) is 4. The molecule has 0 amide bonds. The van der Waals surface area contributed by atoms with Gasteiger partial charge in [-0.05, 0) is 23.6 Å². The van der Waals surface area contributed by atoms with Gasteiger partial charge in [0.25, 0.3) is 0 Å². The Hall–Kier alpha value is -1.86. The molecule has 0 N–H and O–H groups in total. The van der Waals surface area contributed by atoms with Crippen molar-refractivity contribution in [2.24, 2.45) is 5.92 Å². The van der Waals surface area contributed by atoms with E-state index in [1.165, 1.54) is 7.11 Å². The summed E-state index contributed by atoms with van der Waals surface area (Å²) in [5.74, 6) is 0.239. The molecular weight excluding hydrogens is 252 g/mol. The minimum atomic E-state index is -0.319. The predicted octanol–water partition coefficient (Wildman–Crippen LogP) is 2.84. The Morgan fingerprint density at radius 1 is 1.35 bits per heavy atom. The highest BCUT2D eigenvalue weighted by Gasteiger charge is 2.09. The van der Waals surface area contributed by atoms with E-state index in [9.17, 15) is 4.79 Å². The van der Waals surface area contributed by atoms with Crippen LogP contribution in [-0.4, -0.2) is 31.1 Å². The zero-order valence-electron chi connectivity index (χ0n) is 12.4. The zero-order valence-corrected chi connectivity index (χ0v) is 12.4. The van der Waals surface area contributed by atoms with Crippen LogP contribution in [-0.2, 0) is 11.3 Å². The lowest BCUT2D eigenvalue weighted by atomic mass is 10.1. The number of ether oxygens (including phenoxy) is 1. The van der Waals surface area contributed by atoms with Crippen molar-refractivity contribution in [1.29, 1.82) is 5.26 Å². The molecule has 4 nitrogen and oxygen atoms in total. The van der Waals surface area contributed by atoms with Crippen LogP contribution in [0.15, 0.2) is 24.3 Å². The normalized spacial score (nSPS) is 10.6. The standard InChI is InChI=1S/C16H22N2O2/c1-13(2)11-18(10-4-9-17)12-14-5-7-15(8-6-14)16(19)20-3/h5-8,13H,4,10-12H2,1-3H3. The average molecular weight is 274 g/mol. The molecule has 0 aromatic heterocycles. The van der Waals surface area contributed by atoms with Gasteiger partial charge in [-0.15, -0.1) is 0 Å². The lowest BCUT2D eigenvalue weighted by molar-refractivity contribution is 0.0600. The van der Waals surface area contributed by atoms with Crippen LogP contribution in [0.3, 0.4) is 0 Å². The molecule has 0 heterocycles. The first-order valence-corrected chi connectivity index (χ1v) is 6.83. The van der Waals surface area contributed by atoms with Crippen LogP contribution in [0.4, 0.5) is 0 Å². The molecule has 1 aromatic carbocycles. The maximum absolute atomic E-state index is 11.4. The van der Waals surface area contributed by atoms with Gasteiger partial charge < -0.3 is 4.74 Å².